The number of likely N-dealkylation sites (N-methyl/N-ethyl adjacent to an activating group) is 1. The van der Waals surface area contributed by atoms with Crippen molar-refractivity contribution in [3.05, 3.63) is 23.9 Å². The molecule has 0 unspecified atom stereocenters. The number of hydrogen-bond acceptors (Lipinski definition) is 2. The third-order valence-electron chi connectivity index (χ3n) is 1.23. The summed E-state index contributed by atoms with van der Waals surface area (Å²) in [4.78, 5) is 0. The molecular weight excluding hydrogens is 124 g/mol. The van der Waals surface area contributed by atoms with Crippen LogP contribution in [-0.4, -0.2) is 20.6 Å². The fourth-order valence-corrected chi connectivity index (χ4v) is 0.690. The summed E-state index contributed by atoms with van der Waals surface area (Å²) in [5.74, 6) is 0. The zero-order chi connectivity index (χ0) is 7.98. The van der Waals surface area contributed by atoms with Crippen LogP contribution in [0.4, 0.5) is 0 Å². The van der Waals surface area contributed by atoms with E-state index in [1.165, 1.54) is 5.57 Å². The van der Waals surface area contributed by atoms with Crippen LogP contribution in [0.3, 0.4) is 0 Å². The van der Waals surface area contributed by atoms with Crippen LogP contribution in [0.15, 0.2) is 23.9 Å². The molecule has 0 radical (unpaired) electrons. The second-order valence-corrected chi connectivity index (χ2v) is 2.27. The highest BCUT2D eigenvalue weighted by Gasteiger charge is 1.93. The molecule has 0 heterocycles. The molecule has 0 spiro atoms. The summed E-state index contributed by atoms with van der Waals surface area (Å²) < 4.78 is 0. The average molecular weight is 140 g/mol. The second kappa shape index (κ2) is 5.06. The van der Waals surface area contributed by atoms with Gasteiger partial charge in [0.2, 0.25) is 0 Å². The second-order valence-electron chi connectivity index (χ2n) is 2.27. The van der Waals surface area contributed by atoms with Gasteiger partial charge in [-0.15, -0.1) is 0 Å². The topological polar surface area (TPSA) is 24.1 Å². The van der Waals surface area contributed by atoms with Gasteiger partial charge in [-0.25, -0.2) is 0 Å². The van der Waals surface area contributed by atoms with Crippen molar-refractivity contribution in [2.45, 2.75) is 6.92 Å². The zero-order valence-corrected chi connectivity index (χ0v) is 6.99. The Morgan fingerprint density at radius 1 is 1.50 bits per heavy atom. The molecule has 0 atom stereocenters. The monoisotopic (exact) mass is 140 g/mol. The SMILES string of the molecule is C=C(C)/C(=C\NC)CNC. The maximum atomic E-state index is 3.84. The molecule has 0 aliphatic carbocycles. The standard InChI is InChI=1S/C8H16N2/c1-7(2)8(5-9-3)6-10-4/h5,9-10H,1,6H2,2-4H3/b8-5-. The van der Waals surface area contributed by atoms with Gasteiger partial charge in [0, 0.05) is 19.8 Å². The largest absolute Gasteiger partial charge is 0.394 e. The van der Waals surface area contributed by atoms with E-state index >= 15 is 0 Å². The van der Waals surface area contributed by atoms with E-state index in [4.69, 9.17) is 0 Å². The van der Waals surface area contributed by atoms with Gasteiger partial charge in [0.1, 0.15) is 0 Å². The highest BCUT2D eigenvalue weighted by Crippen LogP contribution is 2.02. The molecule has 2 heteroatoms. The number of rotatable bonds is 4. The summed E-state index contributed by atoms with van der Waals surface area (Å²) in [5.41, 5.74) is 2.31. The van der Waals surface area contributed by atoms with E-state index in [2.05, 4.69) is 17.2 Å². The van der Waals surface area contributed by atoms with Crippen molar-refractivity contribution in [2.75, 3.05) is 20.6 Å². The van der Waals surface area contributed by atoms with Crippen molar-refractivity contribution in [2.24, 2.45) is 0 Å². The Bertz CT molecular complexity index is 136. The molecular formula is C8H16N2. The van der Waals surface area contributed by atoms with Gasteiger partial charge in [-0.05, 0) is 19.5 Å². The highest BCUT2D eigenvalue weighted by atomic mass is 14.8. The van der Waals surface area contributed by atoms with Gasteiger partial charge in [-0.3, -0.25) is 0 Å². The van der Waals surface area contributed by atoms with Crippen LogP contribution in [0.5, 0.6) is 0 Å². The quantitative estimate of drug-likeness (QED) is 0.567. The number of hydrogen-bond donors (Lipinski definition) is 2. The van der Waals surface area contributed by atoms with Gasteiger partial charge in [0.15, 0.2) is 0 Å². The molecule has 0 amide bonds. The Hall–Kier alpha value is -0.760. The van der Waals surface area contributed by atoms with Crippen LogP contribution in [0.25, 0.3) is 0 Å². The van der Waals surface area contributed by atoms with Crippen molar-refractivity contribution >= 4 is 0 Å². The third kappa shape index (κ3) is 3.30. The van der Waals surface area contributed by atoms with E-state index in [0.717, 1.165) is 12.1 Å². The summed E-state index contributed by atoms with van der Waals surface area (Å²) in [6.07, 6.45) is 1.96. The molecule has 0 aromatic rings. The first kappa shape index (κ1) is 9.24. The lowest BCUT2D eigenvalue weighted by Crippen LogP contribution is -2.13. The molecule has 2 nitrogen and oxygen atoms in total. The summed E-state index contributed by atoms with van der Waals surface area (Å²) >= 11 is 0. The maximum absolute atomic E-state index is 3.84. The summed E-state index contributed by atoms with van der Waals surface area (Å²) in [5, 5.41) is 6.04. The minimum Gasteiger partial charge on any atom is -0.394 e. The van der Waals surface area contributed by atoms with Gasteiger partial charge >= 0.3 is 0 Å². The van der Waals surface area contributed by atoms with Crippen LogP contribution in [0.1, 0.15) is 6.92 Å². The fourth-order valence-electron chi connectivity index (χ4n) is 0.690. The van der Waals surface area contributed by atoms with E-state index < -0.39 is 0 Å². The minimum absolute atomic E-state index is 0.871. The predicted octanol–water partition coefficient (Wildman–Crippen LogP) is 0.885. The Morgan fingerprint density at radius 3 is 2.40 bits per heavy atom. The van der Waals surface area contributed by atoms with Crippen LogP contribution in [0, 0.1) is 0 Å². The normalized spacial score (nSPS) is 11.3. The van der Waals surface area contributed by atoms with Crippen LogP contribution in [-0.2, 0) is 0 Å². The Morgan fingerprint density at radius 2 is 2.10 bits per heavy atom. The van der Waals surface area contributed by atoms with E-state index in [-0.39, 0.29) is 0 Å². The fraction of sp³-hybridized carbons (Fsp3) is 0.500. The lowest BCUT2D eigenvalue weighted by Gasteiger charge is -2.04. The first-order chi connectivity index (χ1) is 4.72. The molecule has 58 valence electrons. The summed E-state index contributed by atoms with van der Waals surface area (Å²) in [6.45, 7) is 6.72. The molecule has 0 rings (SSSR count). The van der Waals surface area contributed by atoms with Crippen molar-refractivity contribution in [1.29, 1.82) is 0 Å². The van der Waals surface area contributed by atoms with Crippen LogP contribution < -0.4 is 10.6 Å². The van der Waals surface area contributed by atoms with Gasteiger partial charge in [0.05, 0.1) is 0 Å². The average Bonchev–Trinajstić information content (AvgIpc) is 1.87. The van der Waals surface area contributed by atoms with E-state index in [9.17, 15) is 0 Å². The molecule has 10 heavy (non-hydrogen) atoms. The maximum Gasteiger partial charge on any atom is 0.0219 e. The van der Waals surface area contributed by atoms with Gasteiger partial charge < -0.3 is 10.6 Å². The molecule has 0 aromatic carbocycles. The van der Waals surface area contributed by atoms with Crippen LogP contribution >= 0.6 is 0 Å². The molecule has 0 aliphatic heterocycles. The van der Waals surface area contributed by atoms with Crippen molar-refractivity contribution in [1.82, 2.24) is 10.6 Å². The van der Waals surface area contributed by atoms with Crippen molar-refractivity contribution in [3.63, 3.8) is 0 Å². The Kier molecular flexibility index (Phi) is 4.67. The summed E-state index contributed by atoms with van der Waals surface area (Å²) in [7, 11) is 3.81. The minimum atomic E-state index is 0.871. The van der Waals surface area contributed by atoms with E-state index in [0.29, 0.717) is 0 Å². The van der Waals surface area contributed by atoms with E-state index in [1.807, 2.05) is 27.2 Å². The lowest BCUT2D eigenvalue weighted by molar-refractivity contribution is 0.873. The zero-order valence-electron chi connectivity index (χ0n) is 6.99. The lowest BCUT2D eigenvalue weighted by atomic mass is 10.1. The van der Waals surface area contributed by atoms with Crippen LogP contribution in [0.2, 0.25) is 0 Å². The van der Waals surface area contributed by atoms with Crippen molar-refractivity contribution < 1.29 is 0 Å². The first-order valence-electron chi connectivity index (χ1n) is 3.39. The van der Waals surface area contributed by atoms with Gasteiger partial charge in [-0.1, -0.05) is 12.2 Å². The van der Waals surface area contributed by atoms with Gasteiger partial charge in [0.25, 0.3) is 0 Å². The molecule has 0 aromatic heterocycles. The molecule has 0 fully saturated rings. The Labute approximate surface area is 63.0 Å². The number of nitrogens with one attached hydrogen (secondary N) is 2. The Balaban J connectivity index is 3.98. The smallest absolute Gasteiger partial charge is 0.0219 e. The first-order valence-corrected chi connectivity index (χ1v) is 3.39. The van der Waals surface area contributed by atoms with Crippen molar-refractivity contribution in [3.8, 4) is 0 Å². The molecule has 0 aliphatic rings. The molecule has 0 saturated carbocycles. The van der Waals surface area contributed by atoms with Gasteiger partial charge in [-0.2, -0.15) is 0 Å². The van der Waals surface area contributed by atoms with E-state index in [1.54, 1.807) is 0 Å². The third-order valence-corrected chi connectivity index (χ3v) is 1.23. The predicted molar refractivity (Wildman–Crippen MR) is 45.9 cm³/mol. The highest BCUT2D eigenvalue weighted by molar-refractivity contribution is 5.26. The molecule has 0 saturated heterocycles. The molecule has 2 N–H and O–H groups in total. The summed E-state index contributed by atoms with van der Waals surface area (Å²) in [6, 6.07) is 0. The molecule has 0 bridgehead atoms.